The number of halogens is 1. The molecule has 0 bridgehead atoms. The quantitative estimate of drug-likeness (QED) is 0.624. The first kappa shape index (κ1) is 11.4. The number of amides is 1. The molecule has 1 N–H and O–H groups in total. The number of hydrogen-bond donors (Lipinski definition) is 1. The fourth-order valence-corrected chi connectivity index (χ4v) is 0.960. The zero-order chi connectivity index (χ0) is 11.3. The van der Waals surface area contributed by atoms with Crippen molar-refractivity contribution >= 4 is 23.3 Å². The third kappa shape index (κ3) is 4.37. The number of nitro groups is 1. The van der Waals surface area contributed by atoms with Gasteiger partial charge >= 0.3 is 0 Å². The van der Waals surface area contributed by atoms with Gasteiger partial charge in [0.2, 0.25) is 12.5 Å². The molecule has 0 fully saturated rings. The number of anilines is 1. The Kier molecular flexibility index (Phi) is 3.99. The molecule has 80 valence electrons. The molecule has 6 nitrogen and oxygen atoms in total. The largest absolute Gasteiger partial charge is 0.310 e. The van der Waals surface area contributed by atoms with Crippen molar-refractivity contribution < 1.29 is 9.72 Å². The van der Waals surface area contributed by atoms with Gasteiger partial charge in [-0.1, -0.05) is 11.6 Å². The summed E-state index contributed by atoms with van der Waals surface area (Å²) >= 11 is 5.59. The van der Waals surface area contributed by atoms with E-state index in [2.05, 4.69) is 10.3 Å². The number of carbonyl (C=O) groups is 1. The lowest BCUT2D eigenvalue weighted by atomic mass is 10.4. The van der Waals surface area contributed by atoms with Gasteiger partial charge in [0, 0.05) is 11.1 Å². The number of hydrogen-bond acceptors (Lipinski definition) is 4. The Morgan fingerprint density at radius 1 is 1.60 bits per heavy atom. The van der Waals surface area contributed by atoms with E-state index in [1.54, 1.807) is 6.07 Å². The molecule has 0 aliphatic heterocycles. The standard InChI is InChI=1S/C8H8ClN3O3/c9-6-1-2-7(10-5-6)11-8(13)3-4-12(14)15/h1-2,5H,3-4H2,(H,10,11,13). The summed E-state index contributed by atoms with van der Waals surface area (Å²) in [5, 5.41) is 12.9. The average molecular weight is 230 g/mol. The molecule has 0 atom stereocenters. The Labute approximate surface area is 90.4 Å². The van der Waals surface area contributed by atoms with Crippen LogP contribution < -0.4 is 5.32 Å². The molecule has 0 unspecified atom stereocenters. The summed E-state index contributed by atoms with van der Waals surface area (Å²) in [6.45, 7) is -0.389. The van der Waals surface area contributed by atoms with E-state index in [9.17, 15) is 14.9 Å². The van der Waals surface area contributed by atoms with Crippen LogP contribution in [0.3, 0.4) is 0 Å². The van der Waals surface area contributed by atoms with E-state index in [1.165, 1.54) is 12.3 Å². The molecule has 0 saturated heterocycles. The lowest BCUT2D eigenvalue weighted by Gasteiger charge is -2.01. The van der Waals surface area contributed by atoms with E-state index in [0.29, 0.717) is 10.8 Å². The molecule has 0 aliphatic carbocycles. The van der Waals surface area contributed by atoms with Gasteiger partial charge in [-0.15, -0.1) is 0 Å². The molecule has 15 heavy (non-hydrogen) atoms. The first-order valence-electron chi connectivity index (χ1n) is 4.11. The summed E-state index contributed by atoms with van der Waals surface area (Å²) < 4.78 is 0. The SMILES string of the molecule is O=C(CC[N+](=O)[O-])Nc1ccc(Cl)cn1. The predicted octanol–water partition coefficient (Wildman–Crippen LogP) is 1.34. The highest BCUT2D eigenvalue weighted by molar-refractivity contribution is 6.30. The van der Waals surface area contributed by atoms with Gasteiger partial charge in [-0.05, 0) is 12.1 Å². The first-order valence-corrected chi connectivity index (χ1v) is 4.49. The Morgan fingerprint density at radius 3 is 2.87 bits per heavy atom. The van der Waals surface area contributed by atoms with Crippen LogP contribution in [0.15, 0.2) is 18.3 Å². The average Bonchev–Trinajstić information content (AvgIpc) is 2.19. The van der Waals surface area contributed by atoms with Crippen molar-refractivity contribution in [1.29, 1.82) is 0 Å². The van der Waals surface area contributed by atoms with Crippen molar-refractivity contribution in [2.75, 3.05) is 11.9 Å². The Bertz CT molecular complexity index is 366. The minimum Gasteiger partial charge on any atom is -0.310 e. The summed E-state index contributed by atoms with van der Waals surface area (Å²) in [5.74, 6) is -0.116. The number of carbonyl (C=O) groups excluding carboxylic acids is 1. The van der Waals surface area contributed by atoms with Crippen LogP contribution in [0.1, 0.15) is 6.42 Å². The number of nitrogens with one attached hydrogen (secondary N) is 1. The van der Waals surface area contributed by atoms with Crippen molar-refractivity contribution in [2.24, 2.45) is 0 Å². The van der Waals surface area contributed by atoms with Crippen molar-refractivity contribution in [3.8, 4) is 0 Å². The first-order chi connectivity index (χ1) is 7.08. The van der Waals surface area contributed by atoms with Crippen LogP contribution in [0.5, 0.6) is 0 Å². The fourth-order valence-electron chi connectivity index (χ4n) is 0.848. The molecule has 0 saturated carbocycles. The van der Waals surface area contributed by atoms with Gasteiger partial charge in [-0.25, -0.2) is 4.98 Å². The van der Waals surface area contributed by atoms with Crippen LogP contribution in [-0.2, 0) is 4.79 Å². The van der Waals surface area contributed by atoms with E-state index >= 15 is 0 Å². The van der Waals surface area contributed by atoms with Gasteiger partial charge in [0.1, 0.15) is 5.82 Å². The molecule has 0 spiro atoms. The highest BCUT2D eigenvalue weighted by Gasteiger charge is 2.07. The molecule has 0 radical (unpaired) electrons. The molecule has 0 aromatic carbocycles. The maximum atomic E-state index is 11.1. The van der Waals surface area contributed by atoms with Crippen LogP contribution in [-0.4, -0.2) is 22.4 Å². The van der Waals surface area contributed by atoms with E-state index in [-0.39, 0.29) is 13.0 Å². The van der Waals surface area contributed by atoms with E-state index in [0.717, 1.165) is 0 Å². The number of rotatable bonds is 4. The van der Waals surface area contributed by atoms with E-state index in [1.807, 2.05) is 0 Å². The Balaban J connectivity index is 2.44. The van der Waals surface area contributed by atoms with Gasteiger partial charge in [0.05, 0.1) is 11.4 Å². The maximum Gasteiger partial charge on any atom is 0.232 e. The van der Waals surface area contributed by atoms with Crippen LogP contribution >= 0.6 is 11.6 Å². The fraction of sp³-hybridized carbons (Fsp3) is 0.250. The van der Waals surface area contributed by atoms with Crippen LogP contribution in [0, 0.1) is 10.1 Å². The van der Waals surface area contributed by atoms with Gasteiger partial charge < -0.3 is 5.32 Å². The van der Waals surface area contributed by atoms with Gasteiger partial charge in [-0.3, -0.25) is 14.9 Å². The molecule has 1 amide bonds. The van der Waals surface area contributed by atoms with Crippen molar-refractivity contribution in [3.63, 3.8) is 0 Å². The second kappa shape index (κ2) is 5.26. The lowest BCUT2D eigenvalue weighted by Crippen LogP contribution is -2.16. The second-order valence-electron chi connectivity index (χ2n) is 2.72. The van der Waals surface area contributed by atoms with Gasteiger partial charge in [0.25, 0.3) is 0 Å². The molecular formula is C8H8ClN3O3. The second-order valence-corrected chi connectivity index (χ2v) is 3.15. The normalized spacial score (nSPS) is 9.67. The van der Waals surface area contributed by atoms with Crippen molar-refractivity contribution in [3.05, 3.63) is 33.5 Å². The van der Waals surface area contributed by atoms with E-state index < -0.39 is 10.8 Å². The highest BCUT2D eigenvalue weighted by atomic mass is 35.5. The van der Waals surface area contributed by atoms with Gasteiger partial charge in [-0.2, -0.15) is 0 Å². The number of pyridine rings is 1. The molecule has 1 aromatic heterocycles. The molecule has 0 aliphatic rings. The van der Waals surface area contributed by atoms with Gasteiger partial charge in [0.15, 0.2) is 0 Å². The molecule has 7 heteroatoms. The summed E-state index contributed by atoms with van der Waals surface area (Å²) in [6, 6.07) is 3.09. The summed E-state index contributed by atoms with van der Waals surface area (Å²) in [5.41, 5.74) is 0. The molecule has 1 aromatic rings. The van der Waals surface area contributed by atoms with Crippen molar-refractivity contribution in [2.45, 2.75) is 6.42 Å². The summed E-state index contributed by atoms with van der Waals surface area (Å²) in [6.07, 6.45) is 1.21. The van der Waals surface area contributed by atoms with Crippen LogP contribution in [0.4, 0.5) is 5.82 Å². The Morgan fingerprint density at radius 2 is 2.33 bits per heavy atom. The third-order valence-electron chi connectivity index (χ3n) is 1.52. The topological polar surface area (TPSA) is 85.1 Å². The Hall–Kier alpha value is -1.69. The minimum atomic E-state index is -0.547. The summed E-state index contributed by atoms with van der Waals surface area (Å²) in [7, 11) is 0. The maximum absolute atomic E-state index is 11.1. The molecule has 1 rings (SSSR count). The lowest BCUT2D eigenvalue weighted by molar-refractivity contribution is -0.478. The number of aromatic nitrogens is 1. The predicted molar refractivity (Wildman–Crippen MR) is 54.4 cm³/mol. The smallest absolute Gasteiger partial charge is 0.232 e. The monoisotopic (exact) mass is 229 g/mol. The zero-order valence-electron chi connectivity index (χ0n) is 7.64. The van der Waals surface area contributed by atoms with Crippen LogP contribution in [0.2, 0.25) is 5.02 Å². The summed E-state index contributed by atoms with van der Waals surface area (Å²) in [4.78, 5) is 24.4. The minimum absolute atomic E-state index is 0.169. The highest BCUT2D eigenvalue weighted by Crippen LogP contribution is 2.09. The van der Waals surface area contributed by atoms with Crippen LogP contribution in [0.25, 0.3) is 0 Å². The molecule has 1 heterocycles. The van der Waals surface area contributed by atoms with E-state index in [4.69, 9.17) is 11.6 Å². The molecular weight excluding hydrogens is 222 g/mol. The third-order valence-corrected chi connectivity index (χ3v) is 1.74. The van der Waals surface area contributed by atoms with Crippen molar-refractivity contribution in [1.82, 2.24) is 4.98 Å². The number of nitrogens with zero attached hydrogens (tertiary/aromatic N) is 2. The zero-order valence-corrected chi connectivity index (χ0v) is 8.40.